The van der Waals surface area contributed by atoms with E-state index in [-0.39, 0.29) is 5.91 Å². The quantitative estimate of drug-likeness (QED) is 0.563. The van der Waals surface area contributed by atoms with E-state index in [0.717, 1.165) is 17.8 Å². The highest BCUT2D eigenvalue weighted by Crippen LogP contribution is 2.14. The minimum Gasteiger partial charge on any atom is -0.305 e. The molecule has 1 aliphatic rings. The summed E-state index contributed by atoms with van der Waals surface area (Å²) in [5.74, 6) is 0.373. The summed E-state index contributed by atoms with van der Waals surface area (Å²) in [5, 5.41) is 4.02. The summed E-state index contributed by atoms with van der Waals surface area (Å²) in [6, 6.07) is 22.2. The summed E-state index contributed by atoms with van der Waals surface area (Å²) in [6.45, 7) is 2.98. The maximum Gasteiger partial charge on any atom is 0.275 e. The van der Waals surface area contributed by atoms with Crippen molar-refractivity contribution in [3.8, 4) is 0 Å². The van der Waals surface area contributed by atoms with Crippen LogP contribution in [0.3, 0.4) is 0 Å². The minimum atomic E-state index is -0.180. The van der Waals surface area contributed by atoms with Gasteiger partial charge in [-0.3, -0.25) is 4.79 Å². The first-order valence-corrected chi connectivity index (χ1v) is 9.01. The molecule has 0 fully saturated rings. The average Bonchev–Trinajstić information content (AvgIpc) is 3.06. The Balaban J connectivity index is 1.64. The zero-order valence-corrected chi connectivity index (χ0v) is 15.1. The number of aliphatic imine (C=N–C) groups is 1. The van der Waals surface area contributed by atoms with Gasteiger partial charge in [-0.05, 0) is 36.8 Å². The van der Waals surface area contributed by atoms with Gasteiger partial charge in [0.2, 0.25) is 11.2 Å². The molecule has 2 heterocycles. The van der Waals surface area contributed by atoms with Gasteiger partial charge in [0.25, 0.3) is 5.91 Å². The van der Waals surface area contributed by atoms with Crippen molar-refractivity contribution in [1.29, 1.82) is 0 Å². The number of hydrogen-bond acceptors (Lipinski definition) is 2. The van der Waals surface area contributed by atoms with E-state index in [2.05, 4.69) is 46.1 Å². The van der Waals surface area contributed by atoms with Crippen LogP contribution in [0.5, 0.6) is 0 Å². The highest BCUT2D eigenvalue weighted by molar-refractivity contribution is 6.18. The monoisotopic (exact) mass is 354 g/mol. The Bertz CT molecular complexity index is 1100. The standard InChI is InChI=1S/C23H19N3O/c1-2-26-19(13-12-18-10-6-7-11-21(18)26)14-15-22-24-20(23(27)25-22)16-17-8-4-3-5-9-17/h3-16H,2H2,1H3/p+1/b15-14+,20-16-. The number of rotatable bonds is 4. The molecule has 1 aliphatic heterocycles. The molecule has 0 atom stereocenters. The summed E-state index contributed by atoms with van der Waals surface area (Å²) in [6.07, 6.45) is 5.62. The van der Waals surface area contributed by atoms with Crippen molar-refractivity contribution < 1.29 is 9.36 Å². The predicted octanol–water partition coefficient (Wildman–Crippen LogP) is 3.73. The van der Waals surface area contributed by atoms with Crippen LogP contribution in [0.4, 0.5) is 0 Å². The number of carbonyl (C=O) groups excluding carboxylic acids is 1. The molecule has 1 aromatic heterocycles. The molecule has 4 nitrogen and oxygen atoms in total. The summed E-state index contributed by atoms with van der Waals surface area (Å²) >= 11 is 0. The van der Waals surface area contributed by atoms with E-state index in [4.69, 9.17) is 0 Å². The van der Waals surface area contributed by atoms with Gasteiger partial charge in [0.1, 0.15) is 18.1 Å². The third kappa shape index (κ3) is 3.55. The summed E-state index contributed by atoms with van der Waals surface area (Å²) in [4.78, 5) is 16.6. The molecule has 0 spiro atoms. The molecule has 132 valence electrons. The van der Waals surface area contributed by atoms with E-state index in [1.54, 1.807) is 6.08 Å². The zero-order chi connectivity index (χ0) is 18.6. The number of para-hydroxylation sites is 1. The zero-order valence-electron chi connectivity index (χ0n) is 15.1. The number of amides is 1. The minimum absolute atomic E-state index is 0.180. The third-order valence-corrected chi connectivity index (χ3v) is 4.52. The number of nitrogens with one attached hydrogen (secondary N) is 1. The first-order valence-electron chi connectivity index (χ1n) is 9.01. The second-order valence-corrected chi connectivity index (χ2v) is 6.29. The van der Waals surface area contributed by atoms with Crippen LogP contribution >= 0.6 is 0 Å². The summed E-state index contributed by atoms with van der Waals surface area (Å²) in [5.41, 5.74) is 3.62. The Morgan fingerprint density at radius 1 is 0.963 bits per heavy atom. The normalized spacial score (nSPS) is 15.5. The average molecular weight is 354 g/mol. The lowest BCUT2D eigenvalue weighted by molar-refractivity contribution is -0.669. The van der Waals surface area contributed by atoms with Crippen LogP contribution in [0.1, 0.15) is 18.2 Å². The largest absolute Gasteiger partial charge is 0.305 e. The van der Waals surface area contributed by atoms with Crippen LogP contribution in [-0.2, 0) is 11.3 Å². The maximum absolute atomic E-state index is 12.2. The lowest BCUT2D eigenvalue weighted by Gasteiger charge is -2.02. The smallest absolute Gasteiger partial charge is 0.275 e. The van der Waals surface area contributed by atoms with Gasteiger partial charge in [0.05, 0.1) is 0 Å². The highest BCUT2D eigenvalue weighted by Gasteiger charge is 2.18. The van der Waals surface area contributed by atoms with Gasteiger partial charge < -0.3 is 5.32 Å². The van der Waals surface area contributed by atoms with Gasteiger partial charge in [0.15, 0.2) is 0 Å². The number of carbonyl (C=O) groups is 1. The number of benzene rings is 2. The van der Waals surface area contributed by atoms with E-state index in [1.165, 1.54) is 10.9 Å². The third-order valence-electron chi connectivity index (χ3n) is 4.52. The summed E-state index contributed by atoms with van der Waals surface area (Å²) < 4.78 is 2.24. The Morgan fingerprint density at radius 3 is 2.56 bits per heavy atom. The van der Waals surface area contributed by atoms with Crippen molar-refractivity contribution in [2.75, 3.05) is 0 Å². The van der Waals surface area contributed by atoms with Gasteiger partial charge >= 0.3 is 0 Å². The SMILES string of the molecule is CC[n+]1c(/C=C/C2=NC(=C\c3ccccc3)/C(=O)N2)ccc2ccccc21. The van der Waals surface area contributed by atoms with E-state index in [0.29, 0.717) is 11.5 Å². The van der Waals surface area contributed by atoms with Crippen LogP contribution in [0.15, 0.2) is 83.5 Å². The predicted molar refractivity (Wildman–Crippen MR) is 109 cm³/mol. The molecule has 0 unspecified atom stereocenters. The topological polar surface area (TPSA) is 45.3 Å². The number of fused-ring (bicyclic) bond motifs is 1. The molecule has 0 saturated carbocycles. The number of aromatic nitrogens is 1. The fraction of sp³-hybridized carbons (Fsp3) is 0.0870. The van der Waals surface area contributed by atoms with Crippen LogP contribution in [0, 0.1) is 0 Å². The van der Waals surface area contributed by atoms with E-state index in [1.807, 2.05) is 54.6 Å². The first-order chi connectivity index (χ1) is 13.2. The van der Waals surface area contributed by atoms with Gasteiger partial charge in [-0.25, -0.2) is 4.99 Å². The van der Waals surface area contributed by atoms with Crippen LogP contribution in [0.2, 0.25) is 0 Å². The molecule has 0 aliphatic carbocycles. The van der Waals surface area contributed by atoms with Crippen molar-refractivity contribution in [1.82, 2.24) is 5.32 Å². The van der Waals surface area contributed by atoms with Crippen molar-refractivity contribution in [3.63, 3.8) is 0 Å². The second kappa shape index (κ2) is 7.38. The molecule has 0 bridgehead atoms. The number of pyridine rings is 1. The van der Waals surface area contributed by atoms with E-state index < -0.39 is 0 Å². The van der Waals surface area contributed by atoms with E-state index in [9.17, 15) is 4.79 Å². The van der Waals surface area contributed by atoms with Crippen LogP contribution < -0.4 is 9.88 Å². The molecular weight excluding hydrogens is 334 g/mol. The number of hydrogen-bond donors (Lipinski definition) is 1. The fourth-order valence-electron chi connectivity index (χ4n) is 3.21. The first kappa shape index (κ1) is 16.9. The molecule has 27 heavy (non-hydrogen) atoms. The molecule has 3 aromatic rings. The second-order valence-electron chi connectivity index (χ2n) is 6.29. The Hall–Kier alpha value is -3.53. The van der Waals surface area contributed by atoms with Crippen molar-refractivity contribution >= 4 is 34.8 Å². The van der Waals surface area contributed by atoms with Crippen molar-refractivity contribution in [3.05, 3.63) is 89.8 Å². The van der Waals surface area contributed by atoms with Gasteiger partial charge in [0, 0.05) is 23.6 Å². The lowest BCUT2D eigenvalue weighted by Crippen LogP contribution is -2.36. The number of nitrogens with zero attached hydrogens (tertiary/aromatic N) is 2. The highest BCUT2D eigenvalue weighted by atomic mass is 16.2. The maximum atomic E-state index is 12.2. The number of amidine groups is 1. The van der Waals surface area contributed by atoms with Gasteiger partial charge in [-0.2, -0.15) is 4.57 Å². The fourth-order valence-corrected chi connectivity index (χ4v) is 3.21. The molecule has 4 rings (SSSR count). The number of aryl methyl sites for hydroxylation is 1. The molecule has 0 radical (unpaired) electrons. The molecule has 4 heteroatoms. The van der Waals surface area contributed by atoms with Crippen molar-refractivity contribution in [2.24, 2.45) is 4.99 Å². The molecule has 0 saturated heterocycles. The Kier molecular flexibility index (Phi) is 4.62. The Morgan fingerprint density at radius 2 is 1.74 bits per heavy atom. The molecule has 2 aromatic carbocycles. The van der Waals surface area contributed by atoms with E-state index >= 15 is 0 Å². The molecular formula is C23H20N3O+. The van der Waals surface area contributed by atoms with Crippen LogP contribution in [0.25, 0.3) is 23.1 Å². The van der Waals surface area contributed by atoms with Gasteiger partial charge in [-0.1, -0.05) is 42.5 Å². The Labute approximate surface area is 158 Å². The summed E-state index contributed by atoms with van der Waals surface area (Å²) in [7, 11) is 0. The van der Waals surface area contributed by atoms with Crippen LogP contribution in [-0.4, -0.2) is 11.7 Å². The molecule has 1 N–H and O–H groups in total. The molecule has 1 amide bonds. The van der Waals surface area contributed by atoms with Crippen molar-refractivity contribution in [2.45, 2.75) is 13.5 Å². The van der Waals surface area contributed by atoms with Gasteiger partial charge in [-0.15, -0.1) is 0 Å². The lowest BCUT2D eigenvalue weighted by atomic mass is 10.2.